The Kier molecular flexibility index (Phi) is 14.5. The number of nitrogens with two attached hydrogens (primary N) is 1. The molecule has 17 nitrogen and oxygen atoms in total. The normalized spacial score (nSPS) is 37.8. The summed E-state index contributed by atoms with van der Waals surface area (Å²) in [5, 5.41) is 28.1. The molecule has 2 aromatic rings. The number of esters is 1. The molecular formula is C41H61N5O12. The zero-order valence-corrected chi connectivity index (χ0v) is 35.2. The van der Waals surface area contributed by atoms with Crippen LogP contribution >= 0.6 is 0 Å². The van der Waals surface area contributed by atoms with Crippen LogP contribution in [-0.4, -0.2) is 130 Å². The fraction of sp³-hybridized carbons (Fsp3) is 0.707. The minimum Gasteiger partial charge on any atom is -0.459 e. The fourth-order valence-corrected chi connectivity index (χ4v) is 8.45. The van der Waals surface area contributed by atoms with Crippen molar-refractivity contribution in [2.75, 3.05) is 33.0 Å². The third kappa shape index (κ3) is 9.95. The number of carbonyl (C=O) groups is 3. The number of nitrogens with zero attached hydrogens (tertiary/aromatic N) is 4. The number of aromatic nitrogens is 2. The number of cyclic esters (lactones) is 1. The zero-order valence-electron chi connectivity index (χ0n) is 35.2. The number of pyridine rings is 1. The van der Waals surface area contributed by atoms with Gasteiger partial charge in [-0.2, -0.15) is 0 Å². The molecule has 0 aliphatic carbocycles. The fourth-order valence-electron chi connectivity index (χ4n) is 8.45. The molecule has 0 radical (unpaired) electrons. The van der Waals surface area contributed by atoms with Gasteiger partial charge in [-0.25, -0.2) is 9.97 Å². The average Bonchev–Trinajstić information content (AvgIpc) is 3.65. The molecule has 2 bridgehead atoms. The lowest BCUT2D eigenvalue weighted by Gasteiger charge is -2.47. The summed E-state index contributed by atoms with van der Waals surface area (Å²) in [6.45, 7) is 12.7. The van der Waals surface area contributed by atoms with E-state index >= 15 is 0 Å². The highest BCUT2D eigenvalue weighted by molar-refractivity contribution is 6.00. The summed E-state index contributed by atoms with van der Waals surface area (Å²) >= 11 is 0. The smallest absolute Gasteiger partial charge is 0.316 e. The minimum atomic E-state index is -1.90. The Morgan fingerprint density at radius 3 is 2.43 bits per heavy atom. The summed E-state index contributed by atoms with van der Waals surface area (Å²) in [5.74, 6) is -5.04. The molecule has 0 aromatic carbocycles. The van der Waals surface area contributed by atoms with Gasteiger partial charge in [-0.05, 0) is 73.2 Å². The van der Waals surface area contributed by atoms with Crippen LogP contribution in [0.15, 0.2) is 34.0 Å². The Morgan fingerprint density at radius 2 is 1.76 bits per heavy atom. The van der Waals surface area contributed by atoms with Crippen molar-refractivity contribution >= 4 is 29.1 Å². The van der Waals surface area contributed by atoms with Crippen LogP contribution in [0.3, 0.4) is 0 Å². The maximum Gasteiger partial charge on any atom is 0.316 e. The SMILES string of the molecule is CC[C@H]1OC(=O)[C@H](C)C(=O)[C@H](C)[C@@H](O[C@@H]2O[C@H](C)C[C@H](N(C)C)[C@H]2O)[C@@]2(C)C[C@@H](C)C(=O)[C@H](C)[C@H](OC/C(=N\OCc3coc(-c4cccc(N)n4)n3)CO2)[C@]1(C)O. The number of oxazole rings is 1. The van der Waals surface area contributed by atoms with E-state index in [1.807, 2.05) is 25.9 Å². The number of ketones is 2. The van der Waals surface area contributed by atoms with Crippen molar-refractivity contribution in [3.63, 3.8) is 0 Å². The molecule has 322 valence electrons. The number of ether oxygens (including phenoxy) is 5. The standard InChI is InChI=1S/C41H61N5O12/c1-11-30-41(8,51)36-23(4)32(47)21(2)16-40(7,54-19-27(18-52-36)45-55-20-26-17-53-37(43-26)28-13-12-14-31(42)44-28)35(24(5)33(48)25(6)38(50)57-30)58-39-34(49)29(46(9)10)15-22(3)56-39/h12-14,17,21-25,29-30,34-36,39,49,51H,11,15-16,18-20H2,1-10H3,(H2,42,44)/b45-27+/t21-,22-,23+,24+,25-,29+,30-,34-,35-,36+,39+,40-,41-/m1/s1. The summed E-state index contributed by atoms with van der Waals surface area (Å²) < 4.78 is 37.5. The largest absolute Gasteiger partial charge is 0.459 e. The van der Waals surface area contributed by atoms with Gasteiger partial charge < -0.3 is 53.8 Å². The van der Waals surface area contributed by atoms with Crippen molar-refractivity contribution in [1.29, 1.82) is 0 Å². The van der Waals surface area contributed by atoms with Gasteiger partial charge in [0.05, 0.1) is 37.1 Å². The number of aliphatic hydroxyl groups is 2. The van der Waals surface area contributed by atoms with Crippen LogP contribution < -0.4 is 5.73 Å². The van der Waals surface area contributed by atoms with Crippen molar-refractivity contribution in [2.24, 2.45) is 28.8 Å². The van der Waals surface area contributed by atoms with Crippen LogP contribution in [0.25, 0.3) is 11.6 Å². The average molecular weight is 816 g/mol. The van der Waals surface area contributed by atoms with E-state index in [9.17, 15) is 24.6 Å². The Balaban J connectivity index is 1.57. The first kappa shape index (κ1) is 45.2. The molecule has 3 fully saturated rings. The van der Waals surface area contributed by atoms with Crippen molar-refractivity contribution in [3.8, 4) is 11.6 Å². The molecule has 58 heavy (non-hydrogen) atoms. The van der Waals surface area contributed by atoms with E-state index in [0.29, 0.717) is 23.6 Å². The van der Waals surface area contributed by atoms with E-state index in [2.05, 4.69) is 15.1 Å². The summed E-state index contributed by atoms with van der Waals surface area (Å²) in [4.78, 5) is 58.8. The second-order valence-electron chi connectivity index (χ2n) is 16.8. The molecule has 13 atom stereocenters. The maximum absolute atomic E-state index is 14.4. The Bertz CT molecular complexity index is 1780. The number of aliphatic hydroxyl groups excluding tert-OH is 1. The molecule has 2 aromatic heterocycles. The van der Waals surface area contributed by atoms with Crippen molar-refractivity contribution in [2.45, 2.75) is 135 Å². The predicted octanol–water partition coefficient (Wildman–Crippen LogP) is 3.34. The number of fused-ring (bicyclic) bond motifs is 5. The third-order valence-electron chi connectivity index (χ3n) is 11.7. The Hall–Kier alpha value is -3.84. The number of nitrogen functional groups attached to an aromatic ring is 1. The number of carbonyl (C=O) groups excluding carboxylic acids is 3. The van der Waals surface area contributed by atoms with Gasteiger partial charge in [0.2, 0.25) is 5.89 Å². The number of anilines is 1. The van der Waals surface area contributed by atoms with Gasteiger partial charge in [0.1, 0.15) is 58.7 Å². The third-order valence-corrected chi connectivity index (χ3v) is 11.7. The summed E-state index contributed by atoms with van der Waals surface area (Å²) in [7, 11) is 3.70. The number of rotatable bonds is 8. The number of Topliss-reactive ketones (excluding diaryl/α,β-unsaturated/α-hetero) is 2. The molecule has 0 unspecified atom stereocenters. The summed E-state index contributed by atoms with van der Waals surface area (Å²) in [5.41, 5.74) is 3.55. The molecule has 3 saturated heterocycles. The quantitative estimate of drug-likeness (QED) is 0.197. The molecule has 0 saturated carbocycles. The van der Waals surface area contributed by atoms with Gasteiger partial charge in [-0.15, -0.1) is 0 Å². The van der Waals surface area contributed by atoms with E-state index in [1.165, 1.54) is 20.1 Å². The van der Waals surface area contributed by atoms with Gasteiger partial charge in [0.15, 0.2) is 18.7 Å². The second kappa shape index (κ2) is 18.6. The molecule has 3 aliphatic heterocycles. The van der Waals surface area contributed by atoms with Crippen LogP contribution in [0, 0.1) is 23.7 Å². The predicted molar refractivity (Wildman–Crippen MR) is 210 cm³/mol. The van der Waals surface area contributed by atoms with Crippen LogP contribution in [0.4, 0.5) is 5.82 Å². The number of likely N-dealkylation sites (N-methyl/N-ethyl adjacent to an activating group) is 1. The van der Waals surface area contributed by atoms with Crippen molar-refractivity contribution in [3.05, 3.63) is 30.2 Å². The van der Waals surface area contributed by atoms with E-state index in [0.717, 1.165) is 0 Å². The molecule has 5 rings (SSSR count). The zero-order chi connectivity index (χ0) is 42.7. The highest BCUT2D eigenvalue weighted by atomic mass is 16.7. The van der Waals surface area contributed by atoms with Crippen LogP contribution in [-0.2, 0) is 49.5 Å². The van der Waals surface area contributed by atoms with Gasteiger partial charge >= 0.3 is 5.97 Å². The van der Waals surface area contributed by atoms with Gasteiger partial charge in [0.25, 0.3) is 0 Å². The first-order valence-electron chi connectivity index (χ1n) is 20.0. The topological polar surface area (TPSA) is 228 Å². The minimum absolute atomic E-state index is 0.0344. The molecule has 17 heteroatoms. The molecule has 4 N–H and O–H groups in total. The van der Waals surface area contributed by atoms with Crippen molar-refractivity contribution < 1.29 is 57.5 Å². The lowest BCUT2D eigenvalue weighted by molar-refractivity contribution is -0.296. The first-order valence-corrected chi connectivity index (χ1v) is 20.0. The van der Waals surface area contributed by atoms with Crippen LogP contribution in [0.1, 0.15) is 80.3 Å². The molecule has 0 amide bonds. The van der Waals surface area contributed by atoms with E-state index in [4.69, 9.17) is 38.7 Å². The van der Waals surface area contributed by atoms with Gasteiger partial charge in [-0.1, -0.05) is 38.9 Å². The highest BCUT2D eigenvalue weighted by Gasteiger charge is 2.53. The Morgan fingerprint density at radius 1 is 1.03 bits per heavy atom. The van der Waals surface area contributed by atoms with E-state index < -0.39 is 77.3 Å². The molecule has 3 aliphatic rings. The summed E-state index contributed by atoms with van der Waals surface area (Å²) in [6.07, 6.45) is -4.04. The highest BCUT2D eigenvalue weighted by Crippen LogP contribution is 2.39. The van der Waals surface area contributed by atoms with Crippen LogP contribution in [0.2, 0.25) is 0 Å². The Labute approximate surface area is 339 Å². The monoisotopic (exact) mass is 815 g/mol. The number of oxime groups is 1. The van der Waals surface area contributed by atoms with E-state index in [1.54, 1.807) is 52.8 Å². The molecule has 0 spiro atoms. The second-order valence-corrected chi connectivity index (χ2v) is 16.8. The number of hydrogen-bond donors (Lipinski definition) is 3. The maximum atomic E-state index is 14.4. The van der Waals surface area contributed by atoms with Crippen molar-refractivity contribution in [1.82, 2.24) is 14.9 Å². The summed E-state index contributed by atoms with van der Waals surface area (Å²) in [6, 6.07) is 4.75. The lowest BCUT2D eigenvalue weighted by atomic mass is 9.74. The van der Waals surface area contributed by atoms with Gasteiger partial charge in [0, 0.05) is 23.8 Å². The lowest BCUT2D eigenvalue weighted by Crippen LogP contribution is -2.60. The van der Waals surface area contributed by atoms with E-state index in [-0.39, 0.29) is 62.2 Å². The number of hydrogen-bond acceptors (Lipinski definition) is 17. The van der Waals surface area contributed by atoms with Crippen LogP contribution in [0.5, 0.6) is 0 Å². The molecular weight excluding hydrogens is 754 g/mol. The van der Waals surface area contributed by atoms with Gasteiger partial charge in [-0.3, -0.25) is 14.4 Å². The molecule has 5 heterocycles. The first-order chi connectivity index (χ1) is 27.3.